The van der Waals surface area contributed by atoms with Gasteiger partial charge in [0.1, 0.15) is 0 Å². The molecule has 0 heterocycles. The van der Waals surface area contributed by atoms with E-state index in [1.807, 2.05) is 13.8 Å². The van der Waals surface area contributed by atoms with Crippen molar-refractivity contribution in [3.8, 4) is 0 Å². The van der Waals surface area contributed by atoms with Gasteiger partial charge in [-0.15, -0.1) is 0 Å². The van der Waals surface area contributed by atoms with E-state index in [0.29, 0.717) is 32.2 Å². The van der Waals surface area contributed by atoms with Crippen molar-refractivity contribution in [2.45, 2.75) is 51.6 Å². The fraction of sp³-hybridized carbons (Fsp3) is 0.846. The maximum absolute atomic E-state index is 12.1. The molecule has 0 radical (unpaired) electrons. The largest absolute Gasteiger partial charge is 0.481 e. The molecule has 0 aliphatic heterocycles. The van der Waals surface area contributed by atoms with Gasteiger partial charge < -0.3 is 20.4 Å². The third-order valence-electron chi connectivity index (χ3n) is 3.55. The van der Waals surface area contributed by atoms with E-state index >= 15 is 0 Å². The number of aliphatic hydroxyl groups excluding tert-OH is 1. The zero-order valence-corrected chi connectivity index (χ0v) is 11.6. The van der Waals surface area contributed by atoms with Gasteiger partial charge in [-0.3, -0.25) is 4.79 Å². The molecule has 19 heavy (non-hydrogen) atoms. The number of amides is 2. The molecule has 0 bridgehead atoms. The van der Waals surface area contributed by atoms with Gasteiger partial charge in [-0.05, 0) is 39.5 Å². The highest BCUT2D eigenvalue weighted by Crippen LogP contribution is 2.25. The number of urea groups is 1. The summed E-state index contributed by atoms with van der Waals surface area (Å²) in [6.45, 7) is 4.41. The Bertz CT molecular complexity index is 320. The maximum Gasteiger partial charge on any atom is 0.317 e. The van der Waals surface area contributed by atoms with E-state index in [2.05, 4.69) is 5.32 Å². The van der Waals surface area contributed by atoms with E-state index in [9.17, 15) is 9.59 Å². The lowest BCUT2D eigenvalue weighted by Crippen LogP contribution is -2.47. The van der Waals surface area contributed by atoms with Gasteiger partial charge in [0.15, 0.2) is 0 Å². The maximum atomic E-state index is 12.1. The normalized spacial score (nSPS) is 22.5. The summed E-state index contributed by atoms with van der Waals surface area (Å²) < 4.78 is 0. The standard InChI is InChI=1S/C13H24N2O4/c1-9(2)15(6-3-7-16)13(19)14-11-5-4-10(8-11)12(17)18/h9-11,16H,3-8H2,1-2H3,(H,14,19)(H,17,18). The molecule has 2 amide bonds. The lowest BCUT2D eigenvalue weighted by atomic mass is 10.1. The molecule has 0 saturated heterocycles. The molecule has 1 saturated carbocycles. The Labute approximate surface area is 113 Å². The zero-order valence-electron chi connectivity index (χ0n) is 11.6. The van der Waals surface area contributed by atoms with Crippen LogP contribution in [0.5, 0.6) is 0 Å². The van der Waals surface area contributed by atoms with Crippen LogP contribution in [0.15, 0.2) is 0 Å². The first-order chi connectivity index (χ1) is 8.95. The van der Waals surface area contributed by atoms with Crippen LogP contribution in [0.1, 0.15) is 39.5 Å². The lowest BCUT2D eigenvalue weighted by Gasteiger charge is -2.28. The SMILES string of the molecule is CC(C)N(CCCO)C(=O)NC1CCC(C(=O)O)C1. The van der Waals surface area contributed by atoms with Crippen LogP contribution in [0.4, 0.5) is 4.79 Å². The van der Waals surface area contributed by atoms with Crippen molar-refractivity contribution in [1.82, 2.24) is 10.2 Å². The summed E-state index contributed by atoms with van der Waals surface area (Å²) in [5, 5.41) is 20.7. The van der Waals surface area contributed by atoms with Crippen LogP contribution in [-0.2, 0) is 4.79 Å². The highest BCUT2D eigenvalue weighted by molar-refractivity contribution is 5.75. The molecule has 6 nitrogen and oxygen atoms in total. The summed E-state index contributed by atoms with van der Waals surface area (Å²) in [7, 11) is 0. The molecule has 1 rings (SSSR count). The summed E-state index contributed by atoms with van der Waals surface area (Å²) in [6.07, 6.45) is 2.40. The van der Waals surface area contributed by atoms with Gasteiger partial charge >= 0.3 is 12.0 Å². The van der Waals surface area contributed by atoms with Crippen LogP contribution in [0.3, 0.4) is 0 Å². The van der Waals surface area contributed by atoms with Crippen molar-refractivity contribution in [1.29, 1.82) is 0 Å². The average molecular weight is 272 g/mol. The Morgan fingerprint density at radius 3 is 2.53 bits per heavy atom. The van der Waals surface area contributed by atoms with Crippen LogP contribution in [0.25, 0.3) is 0 Å². The average Bonchev–Trinajstić information content (AvgIpc) is 2.77. The van der Waals surface area contributed by atoms with Crippen molar-refractivity contribution < 1.29 is 19.8 Å². The van der Waals surface area contributed by atoms with E-state index in [1.54, 1.807) is 4.90 Å². The molecule has 0 aromatic heterocycles. The van der Waals surface area contributed by atoms with Crippen molar-refractivity contribution in [3.05, 3.63) is 0 Å². The first-order valence-electron chi connectivity index (χ1n) is 6.86. The second-order valence-corrected chi connectivity index (χ2v) is 5.36. The topological polar surface area (TPSA) is 89.9 Å². The minimum atomic E-state index is -0.780. The van der Waals surface area contributed by atoms with Gasteiger partial charge in [-0.1, -0.05) is 0 Å². The van der Waals surface area contributed by atoms with E-state index in [0.717, 1.165) is 0 Å². The molecular weight excluding hydrogens is 248 g/mol. The molecule has 1 aliphatic rings. The number of nitrogens with one attached hydrogen (secondary N) is 1. The molecule has 3 N–H and O–H groups in total. The van der Waals surface area contributed by atoms with Crippen molar-refractivity contribution in [2.24, 2.45) is 5.92 Å². The number of hydrogen-bond acceptors (Lipinski definition) is 3. The smallest absolute Gasteiger partial charge is 0.317 e. The van der Waals surface area contributed by atoms with Gasteiger partial charge in [-0.25, -0.2) is 4.79 Å². The van der Waals surface area contributed by atoms with Gasteiger partial charge in [-0.2, -0.15) is 0 Å². The van der Waals surface area contributed by atoms with E-state index in [-0.39, 0.29) is 30.6 Å². The van der Waals surface area contributed by atoms with Gasteiger partial charge in [0.25, 0.3) is 0 Å². The van der Waals surface area contributed by atoms with Gasteiger partial charge in [0.2, 0.25) is 0 Å². The first-order valence-corrected chi connectivity index (χ1v) is 6.86. The molecule has 0 aromatic carbocycles. The molecule has 0 spiro atoms. The van der Waals surface area contributed by atoms with Gasteiger partial charge in [0.05, 0.1) is 5.92 Å². The Kier molecular flexibility index (Phi) is 6.08. The molecule has 1 aliphatic carbocycles. The number of carboxylic acid groups (broad SMARTS) is 1. The summed E-state index contributed by atoms with van der Waals surface area (Å²) in [6, 6.07) is -0.160. The molecule has 0 aromatic rings. The Balaban J connectivity index is 2.46. The van der Waals surface area contributed by atoms with Crippen LogP contribution in [0.2, 0.25) is 0 Å². The van der Waals surface area contributed by atoms with Crippen molar-refractivity contribution >= 4 is 12.0 Å². The van der Waals surface area contributed by atoms with Crippen LogP contribution in [-0.4, -0.2) is 52.3 Å². The number of carbonyl (C=O) groups excluding carboxylic acids is 1. The minimum Gasteiger partial charge on any atom is -0.481 e. The van der Waals surface area contributed by atoms with Gasteiger partial charge in [0, 0.05) is 25.2 Å². The Morgan fingerprint density at radius 2 is 2.05 bits per heavy atom. The molecule has 6 heteroatoms. The van der Waals surface area contributed by atoms with E-state index < -0.39 is 5.97 Å². The fourth-order valence-corrected chi connectivity index (χ4v) is 2.43. The second-order valence-electron chi connectivity index (χ2n) is 5.36. The van der Waals surface area contributed by atoms with Crippen molar-refractivity contribution in [3.63, 3.8) is 0 Å². The zero-order chi connectivity index (χ0) is 14.4. The van der Waals surface area contributed by atoms with E-state index in [4.69, 9.17) is 10.2 Å². The Hall–Kier alpha value is -1.30. The summed E-state index contributed by atoms with van der Waals surface area (Å²) in [5.74, 6) is -1.12. The monoisotopic (exact) mass is 272 g/mol. The summed E-state index contributed by atoms with van der Waals surface area (Å²) >= 11 is 0. The number of aliphatic carboxylic acids is 1. The molecule has 110 valence electrons. The number of carbonyl (C=O) groups is 2. The minimum absolute atomic E-state index is 0.0519. The number of hydrogen-bond donors (Lipinski definition) is 3. The number of rotatable bonds is 6. The first kappa shape index (κ1) is 15.8. The Morgan fingerprint density at radius 1 is 1.37 bits per heavy atom. The predicted octanol–water partition coefficient (Wildman–Crippen LogP) is 1.04. The number of aliphatic hydroxyl groups is 1. The molecular formula is C13H24N2O4. The summed E-state index contributed by atoms with van der Waals surface area (Å²) in [4.78, 5) is 24.6. The quantitative estimate of drug-likeness (QED) is 0.674. The third-order valence-corrected chi connectivity index (χ3v) is 3.55. The second kappa shape index (κ2) is 7.33. The number of carboxylic acids is 1. The fourth-order valence-electron chi connectivity index (χ4n) is 2.43. The summed E-state index contributed by atoms with van der Waals surface area (Å²) in [5.41, 5.74) is 0. The molecule has 2 unspecified atom stereocenters. The number of nitrogens with zero attached hydrogens (tertiary/aromatic N) is 1. The highest BCUT2D eigenvalue weighted by atomic mass is 16.4. The highest BCUT2D eigenvalue weighted by Gasteiger charge is 2.31. The van der Waals surface area contributed by atoms with Crippen molar-refractivity contribution in [2.75, 3.05) is 13.2 Å². The lowest BCUT2D eigenvalue weighted by molar-refractivity contribution is -0.141. The molecule has 1 fully saturated rings. The van der Waals surface area contributed by atoms with Crippen LogP contribution < -0.4 is 5.32 Å². The molecule has 2 atom stereocenters. The predicted molar refractivity (Wildman–Crippen MR) is 70.8 cm³/mol. The van der Waals surface area contributed by atoms with Crippen LogP contribution >= 0.6 is 0 Å². The van der Waals surface area contributed by atoms with Crippen LogP contribution in [0, 0.1) is 5.92 Å². The third kappa shape index (κ3) is 4.70. The van der Waals surface area contributed by atoms with E-state index in [1.165, 1.54) is 0 Å².